The number of aromatic nitrogens is 4. The minimum Gasteiger partial charge on any atom is -1.00 e. The van der Waals surface area contributed by atoms with Gasteiger partial charge in [0.05, 0.1) is 17.5 Å². The zero-order valence-corrected chi connectivity index (χ0v) is 27.5. The minimum atomic E-state index is -0.689. The third-order valence-electron chi connectivity index (χ3n) is 6.71. The maximum Gasteiger partial charge on any atom is 1.00 e. The Morgan fingerprint density at radius 1 is 1.02 bits per heavy atom. The molecule has 1 N–H and O–H groups in total. The van der Waals surface area contributed by atoms with E-state index in [1.165, 1.54) is 6.07 Å². The number of hydrogen-bond donors (Lipinski definition) is 1. The van der Waals surface area contributed by atoms with Crippen molar-refractivity contribution in [3.8, 4) is 34.0 Å². The average Bonchev–Trinajstić information content (AvgIpc) is 3.38. The van der Waals surface area contributed by atoms with Crippen LogP contribution >= 0.6 is 0 Å². The first kappa shape index (κ1) is 31.8. The van der Waals surface area contributed by atoms with E-state index in [-0.39, 0.29) is 76.7 Å². The maximum atomic E-state index is 15.6. The molecular weight excluding hydrogens is 562 g/mol. The molecule has 3 aromatic carbocycles. The van der Waals surface area contributed by atoms with Crippen molar-refractivity contribution in [2.24, 2.45) is 0 Å². The second-order valence-electron chi connectivity index (χ2n) is 10.1. The molecule has 0 saturated carbocycles. The number of hydrogen-bond acceptors (Lipinski definition) is 6. The van der Waals surface area contributed by atoms with E-state index in [1.807, 2.05) is 52.0 Å². The maximum absolute atomic E-state index is 15.6. The van der Waals surface area contributed by atoms with Gasteiger partial charge >= 0.3 is 57.1 Å². The Hall–Kier alpha value is -3.15. The molecule has 2 aromatic heterocycles. The van der Waals surface area contributed by atoms with Crippen molar-refractivity contribution in [2.45, 2.75) is 53.1 Å². The van der Waals surface area contributed by atoms with Gasteiger partial charge < -0.3 is 6.16 Å². The second kappa shape index (κ2) is 13.9. The number of ether oxygens (including phenoxy) is 1. The van der Waals surface area contributed by atoms with Crippen molar-refractivity contribution in [3.05, 3.63) is 116 Å². The smallest absolute Gasteiger partial charge is 1.00 e. The molecule has 0 unspecified atom stereocenters. The number of aryl methyl sites for hydroxylation is 2. The molecule has 0 spiro atoms. The van der Waals surface area contributed by atoms with Gasteiger partial charge in [-0.05, 0) is 68.7 Å². The zero-order valence-electron chi connectivity index (χ0n) is 25.4. The molecule has 0 radical (unpaired) electrons. The monoisotopic (exact) mass is 594 g/mol. The Morgan fingerprint density at radius 2 is 1.74 bits per heavy atom. The van der Waals surface area contributed by atoms with Gasteiger partial charge in [-0.25, -0.2) is 14.2 Å². The van der Waals surface area contributed by atoms with Gasteiger partial charge in [0.15, 0.2) is 5.82 Å². The number of aromatic amines is 1. The number of benzene rings is 3. The molecule has 5 rings (SSSR count). The summed E-state index contributed by atoms with van der Waals surface area (Å²) in [5.74, 6) is 0.374. The molecule has 2 heterocycles. The van der Waals surface area contributed by atoms with Crippen molar-refractivity contribution in [2.75, 3.05) is 0 Å². The molecule has 0 aliphatic rings. The van der Waals surface area contributed by atoms with Crippen molar-refractivity contribution in [1.82, 2.24) is 19.7 Å². The number of nitrogens with one attached hydrogen (secondary N) is 1. The van der Waals surface area contributed by atoms with Crippen LogP contribution in [0.5, 0.6) is 5.75 Å². The molecule has 0 atom stereocenters. The topological polar surface area (TPSA) is 103 Å². The van der Waals surface area contributed by atoms with Gasteiger partial charge in [-0.1, -0.05) is 54.9 Å². The van der Waals surface area contributed by atoms with Gasteiger partial charge in [0.2, 0.25) is 0 Å². The third-order valence-corrected chi connectivity index (χ3v) is 6.71. The van der Waals surface area contributed by atoms with Crippen LogP contribution in [-0.4, -0.2) is 25.8 Å². The van der Waals surface area contributed by atoms with Crippen LogP contribution in [0, 0.1) is 12.7 Å². The molecule has 42 heavy (non-hydrogen) atoms. The number of halogens is 1. The quantitative estimate of drug-likeness (QED) is 0.263. The largest absolute Gasteiger partial charge is 1.00 e. The summed E-state index contributed by atoms with van der Waals surface area (Å²) in [6, 6.07) is 19.3. The predicted molar refractivity (Wildman–Crippen MR) is 156 cm³/mol. The third kappa shape index (κ3) is 6.90. The van der Waals surface area contributed by atoms with Crippen LogP contribution in [0.2, 0.25) is 0 Å². The van der Waals surface area contributed by atoms with E-state index in [0.717, 1.165) is 17.9 Å². The summed E-state index contributed by atoms with van der Waals surface area (Å²) in [5.41, 5.74) is 3.83. The first-order chi connectivity index (χ1) is 19.7. The fourth-order valence-corrected chi connectivity index (χ4v) is 4.95. The van der Waals surface area contributed by atoms with E-state index < -0.39 is 11.6 Å². The molecule has 0 fully saturated rings. The molecule has 8 nitrogen and oxygen atoms in total. The van der Waals surface area contributed by atoms with Crippen LogP contribution in [0.1, 0.15) is 51.3 Å². The van der Waals surface area contributed by atoms with Gasteiger partial charge in [0.1, 0.15) is 17.4 Å². The van der Waals surface area contributed by atoms with Gasteiger partial charge in [-0.3, -0.25) is 18.9 Å². The number of rotatable bonds is 9. The molecule has 0 saturated heterocycles. The van der Waals surface area contributed by atoms with E-state index in [9.17, 15) is 9.59 Å². The second-order valence-corrected chi connectivity index (χ2v) is 10.1. The van der Waals surface area contributed by atoms with Gasteiger partial charge in [0.25, 0.3) is 5.56 Å². The van der Waals surface area contributed by atoms with Crippen molar-refractivity contribution >= 4 is 0 Å². The van der Waals surface area contributed by atoms with Crippen LogP contribution in [0.25, 0.3) is 28.2 Å². The first-order valence-electron chi connectivity index (χ1n) is 13.6. The minimum absolute atomic E-state index is 0. The SMILES string of the molecule is CCCc1nc(C)n(-c2ccc(OC(C)C)cc2)c(=O)c1Cc1ccc(-c2ccccc2-c2noc(=O)[nH]2)c(F)c1.[H-].[K+]. The Kier molecular flexibility index (Phi) is 10.5. The summed E-state index contributed by atoms with van der Waals surface area (Å²) in [6.45, 7) is 7.76. The predicted octanol–water partition coefficient (Wildman–Crippen LogP) is 3.14. The Morgan fingerprint density at radius 3 is 2.36 bits per heavy atom. The van der Waals surface area contributed by atoms with Crippen LogP contribution < -0.4 is 67.4 Å². The zero-order chi connectivity index (χ0) is 29.1. The summed E-state index contributed by atoms with van der Waals surface area (Å²) >= 11 is 0. The summed E-state index contributed by atoms with van der Waals surface area (Å²) in [6.07, 6.45) is 1.72. The summed E-state index contributed by atoms with van der Waals surface area (Å²) < 4.78 is 27.6. The number of nitrogens with zero attached hydrogens (tertiary/aromatic N) is 3. The fraction of sp³-hybridized carbons (Fsp3) is 0.250. The average molecular weight is 595 g/mol. The van der Waals surface area contributed by atoms with Crippen LogP contribution in [-0.2, 0) is 12.8 Å². The van der Waals surface area contributed by atoms with Crippen molar-refractivity contribution < 1.29 is 66.5 Å². The number of H-pyrrole nitrogens is 1. The molecule has 0 aliphatic carbocycles. The van der Waals surface area contributed by atoms with Crippen LogP contribution in [0.15, 0.2) is 80.8 Å². The van der Waals surface area contributed by atoms with Crippen molar-refractivity contribution in [1.29, 1.82) is 0 Å². The first-order valence-corrected chi connectivity index (χ1v) is 13.6. The van der Waals surface area contributed by atoms with E-state index in [2.05, 4.69) is 14.7 Å². The summed E-state index contributed by atoms with van der Waals surface area (Å²) in [4.78, 5) is 32.7. The Balaban J connectivity index is 0.00000253. The molecule has 0 aliphatic heterocycles. The van der Waals surface area contributed by atoms with Gasteiger partial charge in [0, 0.05) is 23.1 Å². The van der Waals surface area contributed by atoms with Crippen LogP contribution in [0.4, 0.5) is 4.39 Å². The fourth-order valence-electron chi connectivity index (χ4n) is 4.95. The molecular formula is C32H32FKN4O4. The van der Waals surface area contributed by atoms with E-state index >= 15 is 4.39 Å². The molecule has 5 aromatic rings. The summed E-state index contributed by atoms with van der Waals surface area (Å²) in [7, 11) is 0. The van der Waals surface area contributed by atoms with Crippen molar-refractivity contribution in [3.63, 3.8) is 0 Å². The van der Waals surface area contributed by atoms with Gasteiger partial charge in [-0.15, -0.1) is 0 Å². The molecule has 0 bridgehead atoms. The Labute approximate surface area is 286 Å². The van der Waals surface area contributed by atoms with E-state index in [4.69, 9.17) is 9.72 Å². The van der Waals surface area contributed by atoms with Crippen LogP contribution in [0.3, 0.4) is 0 Å². The van der Waals surface area contributed by atoms with E-state index in [0.29, 0.717) is 45.7 Å². The standard InChI is InChI=1S/C32H31FN4O4.K.H/c1-5-8-29-27(31(38)37(20(4)34-29)22-12-14-23(15-13-22)40-19(2)3)17-21-11-16-25(28(33)18-21)24-9-6-7-10-26(24)30-35-32(39)41-36-30;;/h6-7,9-16,18-19H,5,8,17H2,1-4H3,(H,35,36,39);;/q;+1;-1. The molecule has 10 heteroatoms. The summed E-state index contributed by atoms with van der Waals surface area (Å²) in [5, 5.41) is 3.75. The molecule has 212 valence electrons. The Bertz CT molecular complexity index is 1820. The van der Waals surface area contributed by atoms with Gasteiger partial charge in [-0.2, -0.15) is 0 Å². The molecule has 0 amide bonds. The van der Waals surface area contributed by atoms with E-state index in [1.54, 1.807) is 41.0 Å². The normalized spacial score (nSPS) is 11.0.